The summed E-state index contributed by atoms with van der Waals surface area (Å²) in [7, 11) is 0. The predicted octanol–water partition coefficient (Wildman–Crippen LogP) is 3.96. The molecule has 0 radical (unpaired) electrons. The zero-order valence-corrected chi connectivity index (χ0v) is 15.2. The highest BCUT2D eigenvalue weighted by atomic mass is 32.2. The van der Waals surface area contributed by atoms with Gasteiger partial charge in [-0.25, -0.2) is 9.48 Å². The van der Waals surface area contributed by atoms with Crippen LogP contribution in [-0.4, -0.2) is 27.2 Å². The van der Waals surface area contributed by atoms with Gasteiger partial charge in [-0.1, -0.05) is 35.5 Å². The first-order valence-corrected chi connectivity index (χ1v) is 9.11. The second kappa shape index (κ2) is 7.53. The molecule has 5 nitrogen and oxygen atoms in total. The first-order valence-electron chi connectivity index (χ1n) is 7.88. The molecule has 0 bridgehead atoms. The van der Waals surface area contributed by atoms with E-state index in [9.17, 15) is 4.79 Å². The third kappa shape index (κ3) is 3.74. The van der Waals surface area contributed by atoms with Gasteiger partial charge < -0.3 is 4.74 Å². The van der Waals surface area contributed by atoms with Crippen molar-refractivity contribution in [2.75, 3.05) is 6.26 Å². The van der Waals surface area contributed by atoms with Gasteiger partial charge in [-0.05, 0) is 49.4 Å². The van der Waals surface area contributed by atoms with Crippen molar-refractivity contribution in [2.24, 2.45) is 0 Å². The zero-order chi connectivity index (χ0) is 17.8. The van der Waals surface area contributed by atoms with Crippen LogP contribution >= 0.6 is 11.8 Å². The second-order valence-electron chi connectivity index (χ2n) is 5.64. The van der Waals surface area contributed by atoms with Crippen molar-refractivity contribution in [1.29, 1.82) is 0 Å². The number of nitrogens with zero attached hydrogens (tertiary/aromatic N) is 3. The Morgan fingerprint density at radius 3 is 2.72 bits per heavy atom. The van der Waals surface area contributed by atoms with Crippen LogP contribution in [0, 0.1) is 13.8 Å². The fourth-order valence-electron chi connectivity index (χ4n) is 2.49. The quantitative estimate of drug-likeness (QED) is 0.513. The summed E-state index contributed by atoms with van der Waals surface area (Å²) < 4.78 is 7.07. The second-order valence-corrected chi connectivity index (χ2v) is 6.52. The minimum Gasteiger partial charge on any atom is -0.456 e. The van der Waals surface area contributed by atoms with E-state index in [0.29, 0.717) is 5.69 Å². The first-order chi connectivity index (χ1) is 12.1. The highest BCUT2D eigenvalue weighted by Gasteiger charge is 2.19. The highest BCUT2D eigenvalue weighted by molar-refractivity contribution is 7.98. The van der Waals surface area contributed by atoms with Crippen LogP contribution in [0.2, 0.25) is 0 Å². The molecule has 1 aromatic heterocycles. The van der Waals surface area contributed by atoms with Crippen molar-refractivity contribution in [3.8, 4) is 5.69 Å². The molecule has 0 N–H and O–H groups in total. The minimum absolute atomic E-state index is 0.222. The van der Waals surface area contributed by atoms with E-state index in [4.69, 9.17) is 4.74 Å². The number of benzene rings is 2. The van der Waals surface area contributed by atoms with Crippen LogP contribution in [0.3, 0.4) is 0 Å². The Hall–Kier alpha value is -2.60. The molecule has 25 heavy (non-hydrogen) atoms. The van der Waals surface area contributed by atoms with Gasteiger partial charge in [0.05, 0.1) is 11.4 Å². The lowest BCUT2D eigenvalue weighted by Crippen LogP contribution is -2.09. The maximum atomic E-state index is 12.4. The standard InChI is InChI=1S/C19H19N3O2S/c1-13-7-4-5-8-15(13)12-24-19(23)18-14(2)22(21-20-18)16-9-6-10-17(11-16)25-3/h4-11H,12H2,1-3H3. The molecule has 3 rings (SSSR count). The van der Waals surface area contributed by atoms with Crippen LogP contribution in [0.5, 0.6) is 0 Å². The summed E-state index contributed by atoms with van der Waals surface area (Å²) in [5.74, 6) is -0.465. The van der Waals surface area contributed by atoms with Crippen molar-refractivity contribution in [1.82, 2.24) is 15.0 Å². The summed E-state index contributed by atoms with van der Waals surface area (Å²) in [6.45, 7) is 4.03. The van der Waals surface area contributed by atoms with Crippen LogP contribution < -0.4 is 0 Å². The summed E-state index contributed by atoms with van der Waals surface area (Å²) >= 11 is 1.65. The number of ether oxygens (including phenoxy) is 1. The molecular weight excluding hydrogens is 334 g/mol. The van der Waals surface area contributed by atoms with E-state index in [2.05, 4.69) is 10.3 Å². The van der Waals surface area contributed by atoms with Crippen molar-refractivity contribution < 1.29 is 9.53 Å². The Bertz CT molecular complexity index is 905. The summed E-state index contributed by atoms with van der Waals surface area (Å²) in [6, 6.07) is 15.7. The number of rotatable bonds is 5. The summed E-state index contributed by atoms with van der Waals surface area (Å²) in [5, 5.41) is 8.13. The monoisotopic (exact) mass is 353 g/mol. The summed E-state index contributed by atoms with van der Waals surface area (Å²) in [6.07, 6.45) is 2.02. The predicted molar refractivity (Wildman–Crippen MR) is 98.2 cm³/mol. The van der Waals surface area contributed by atoms with Crippen LogP contribution in [0.4, 0.5) is 0 Å². The van der Waals surface area contributed by atoms with Crippen LogP contribution in [0.1, 0.15) is 27.3 Å². The van der Waals surface area contributed by atoms with Gasteiger partial charge in [0.2, 0.25) is 0 Å². The minimum atomic E-state index is -0.465. The molecule has 0 fully saturated rings. The maximum absolute atomic E-state index is 12.4. The van der Waals surface area contributed by atoms with Crippen LogP contribution in [0.15, 0.2) is 53.4 Å². The SMILES string of the molecule is CSc1cccc(-n2nnc(C(=O)OCc3ccccc3C)c2C)c1. The van der Waals surface area contributed by atoms with E-state index in [1.54, 1.807) is 16.4 Å². The third-order valence-electron chi connectivity index (χ3n) is 4.01. The van der Waals surface area contributed by atoms with Gasteiger partial charge in [0, 0.05) is 4.90 Å². The number of esters is 1. The van der Waals surface area contributed by atoms with E-state index in [-0.39, 0.29) is 12.3 Å². The molecule has 6 heteroatoms. The van der Waals surface area contributed by atoms with Crippen molar-refractivity contribution in [3.63, 3.8) is 0 Å². The summed E-state index contributed by atoms with van der Waals surface area (Å²) in [5.41, 5.74) is 3.84. The molecule has 0 amide bonds. The molecule has 0 aliphatic carbocycles. The van der Waals surface area contributed by atoms with Gasteiger partial charge in [0.1, 0.15) is 6.61 Å². The number of thioether (sulfide) groups is 1. The first kappa shape index (κ1) is 17.2. The molecule has 0 atom stereocenters. The number of aromatic nitrogens is 3. The average Bonchev–Trinajstić information content (AvgIpc) is 3.02. The average molecular weight is 353 g/mol. The lowest BCUT2D eigenvalue weighted by Gasteiger charge is -2.07. The molecule has 0 saturated carbocycles. The molecule has 3 aromatic rings. The van der Waals surface area contributed by atoms with Crippen molar-refractivity contribution in [2.45, 2.75) is 25.3 Å². The molecule has 0 spiro atoms. The number of hydrogen-bond acceptors (Lipinski definition) is 5. The largest absolute Gasteiger partial charge is 0.456 e. The molecule has 128 valence electrons. The fourth-order valence-corrected chi connectivity index (χ4v) is 2.94. The van der Waals surface area contributed by atoms with Gasteiger partial charge in [0.25, 0.3) is 0 Å². The highest BCUT2D eigenvalue weighted by Crippen LogP contribution is 2.20. The lowest BCUT2D eigenvalue weighted by atomic mass is 10.1. The normalized spacial score (nSPS) is 10.7. The van der Waals surface area contributed by atoms with Gasteiger partial charge in [0.15, 0.2) is 5.69 Å². The number of aryl methyl sites for hydroxylation is 1. The molecule has 0 saturated heterocycles. The lowest BCUT2D eigenvalue weighted by molar-refractivity contribution is 0.0464. The van der Waals surface area contributed by atoms with Gasteiger partial charge >= 0.3 is 5.97 Å². The van der Waals surface area contributed by atoms with Gasteiger partial charge in [-0.2, -0.15) is 0 Å². The third-order valence-corrected chi connectivity index (χ3v) is 4.73. The van der Waals surface area contributed by atoms with E-state index in [1.807, 2.05) is 68.6 Å². The van der Waals surface area contributed by atoms with Gasteiger partial charge in [-0.15, -0.1) is 16.9 Å². The molecular formula is C19H19N3O2S. The Kier molecular flexibility index (Phi) is 5.19. The summed E-state index contributed by atoms with van der Waals surface area (Å²) in [4.78, 5) is 13.5. The van der Waals surface area contributed by atoms with E-state index >= 15 is 0 Å². The Morgan fingerprint density at radius 1 is 1.16 bits per heavy atom. The topological polar surface area (TPSA) is 57.0 Å². The van der Waals surface area contributed by atoms with E-state index in [0.717, 1.165) is 21.7 Å². The smallest absolute Gasteiger partial charge is 0.361 e. The Morgan fingerprint density at radius 2 is 1.96 bits per heavy atom. The Labute approximate surface area is 151 Å². The van der Waals surface area contributed by atoms with Crippen molar-refractivity contribution >= 4 is 17.7 Å². The fraction of sp³-hybridized carbons (Fsp3) is 0.211. The zero-order valence-electron chi connectivity index (χ0n) is 14.4. The van der Waals surface area contributed by atoms with E-state index in [1.165, 1.54) is 0 Å². The number of carbonyl (C=O) groups is 1. The molecule has 2 aromatic carbocycles. The Balaban J connectivity index is 1.78. The van der Waals surface area contributed by atoms with Crippen LogP contribution in [-0.2, 0) is 11.3 Å². The molecule has 0 aliphatic heterocycles. The van der Waals surface area contributed by atoms with Gasteiger partial charge in [-0.3, -0.25) is 0 Å². The number of carbonyl (C=O) groups excluding carboxylic acids is 1. The molecule has 0 aliphatic rings. The van der Waals surface area contributed by atoms with Crippen molar-refractivity contribution in [3.05, 3.63) is 71.0 Å². The number of hydrogen-bond donors (Lipinski definition) is 0. The van der Waals surface area contributed by atoms with Crippen LogP contribution in [0.25, 0.3) is 5.69 Å². The maximum Gasteiger partial charge on any atom is 0.361 e. The van der Waals surface area contributed by atoms with E-state index < -0.39 is 5.97 Å². The molecule has 1 heterocycles. The molecule has 0 unspecified atom stereocenters.